The Bertz CT molecular complexity index is 938. The van der Waals surface area contributed by atoms with E-state index in [-0.39, 0.29) is 23.0 Å². The Morgan fingerprint density at radius 3 is 2.62 bits per heavy atom. The summed E-state index contributed by atoms with van der Waals surface area (Å²) in [6, 6.07) is 11.2. The molecule has 0 bridgehead atoms. The number of nitrogens with zero attached hydrogens (tertiary/aromatic N) is 4. The minimum atomic E-state index is -0.613. The van der Waals surface area contributed by atoms with Gasteiger partial charge in [0, 0.05) is 11.6 Å². The van der Waals surface area contributed by atoms with E-state index in [1.165, 1.54) is 24.5 Å². The number of rotatable bonds is 5. The molecule has 1 atom stereocenters. The van der Waals surface area contributed by atoms with Crippen LogP contribution in [0.25, 0.3) is 5.69 Å². The molecule has 1 amide bonds. The summed E-state index contributed by atoms with van der Waals surface area (Å²) in [6.45, 7) is 1.83. The smallest absolute Gasteiger partial charge is 0.292 e. The molecule has 26 heavy (non-hydrogen) atoms. The molecule has 0 saturated heterocycles. The van der Waals surface area contributed by atoms with Crippen LogP contribution >= 0.6 is 0 Å². The van der Waals surface area contributed by atoms with Crippen molar-refractivity contribution in [2.24, 2.45) is 0 Å². The maximum Gasteiger partial charge on any atom is 0.292 e. The van der Waals surface area contributed by atoms with E-state index in [2.05, 4.69) is 15.4 Å². The molecule has 9 nitrogen and oxygen atoms in total. The molecule has 9 heteroatoms. The number of nitro benzene ring substituents is 1. The van der Waals surface area contributed by atoms with E-state index in [9.17, 15) is 14.9 Å². The lowest BCUT2D eigenvalue weighted by Gasteiger charge is -2.15. The summed E-state index contributed by atoms with van der Waals surface area (Å²) in [5.41, 5.74) is 7.19. The maximum absolute atomic E-state index is 12.4. The number of nitrogen functional groups attached to an aromatic ring is 1. The van der Waals surface area contributed by atoms with Gasteiger partial charge in [-0.3, -0.25) is 14.9 Å². The Labute approximate surface area is 148 Å². The molecule has 0 fully saturated rings. The minimum absolute atomic E-state index is 0.0169. The number of nitrogens with one attached hydrogen (secondary N) is 1. The zero-order chi connectivity index (χ0) is 18.7. The molecule has 0 aliphatic rings. The fraction of sp³-hybridized carbons (Fsp3) is 0.118. The third kappa shape index (κ3) is 3.51. The monoisotopic (exact) mass is 352 g/mol. The Hall–Kier alpha value is -3.75. The molecule has 132 valence electrons. The van der Waals surface area contributed by atoms with Crippen molar-refractivity contribution >= 4 is 17.3 Å². The molecule has 3 N–H and O–H groups in total. The van der Waals surface area contributed by atoms with Gasteiger partial charge in [0.15, 0.2) is 0 Å². The van der Waals surface area contributed by atoms with Gasteiger partial charge in [0.1, 0.15) is 18.3 Å². The first-order chi connectivity index (χ1) is 12.5. The van der Waals surface area contributed by atoms with Gasteiger partial charge >= 0.3 is 0 Å². The van der Waals surface area contributed by atoms with E-state index in [0.717, 1.165) is 11.3 Å². The number of carbonyl (C=O) groups is 1. The molecule has 0 aliphatic heterocycles. The van der Waals surface area contributed by atoms with E-state index in [4.69, 9.17) is 5.73 Å². The van der Waals surface area contributed by atoms with Crippen LogP contribution in [0.5, 0.6) is 0 Å². The van der Waals surface area contributed by atoms with Gasteiger partial charge in [0.2, 0.25) is 0 Å². The second kappa shape index (κ2) is 7.01. The van der Waals surface area contributed by atoms with Gasteiger partial charge in [-0.2, -0.15) is 5.10 Å². The second-order valence-electron chi connectivity index (χ2n) is 5.66. The summed E-state index contributed by atoms with van der Waals surface area (Å²) >= 11 is 0. The number of amides is 1. The number of nitrogens with two attached hydrogens (primary N) is 1. The molecule has 0 saturated carbocycles. The predicted octanol–water partition coefficient (Wildman–Crippen LogP) is 2.25. The zero-order valence-corrected chi connectivity index (χ0v) is 13.9. The van der Waals surface area contributed by atoms with Gasteiger partial charge < -0.3 is 11.1 Å². The van der Waals surface area contributed by atoms with Gasteiger partial charge in [0.05, 0.1) is 16.7 Å². The van der Waals surface area contributed by atoms with Gasteiger partial charge in [0.25, 0.3) is 11.6 Å². The normalized spacial score (nSPS) is 11.7. The molecule has 3 rings (SSSR count). The van der Waals surface area contributed by atoms with Crippen molar-refractivity contribution in [2.75, 3.05) is 5.73 Å². The SMILES string of the molecule is CC(NC(=O)c1ccc(N)c([N+](=O)[O-])c1)c1ccc(-n2cncn2)cc1. The molecule has 0 spiro atoms. The van der Waals surface area contributed by atoms with Crippen molar-refractivity contribution in [1.29, 1.82) is 0 Å². The van der Waals surface area contributed by atoms with Gasteiger partial charge in [-0.05, 0) is 36.8 Å². The van der Waals surface area contributed by atoms with Crippen LogP contribution in [0.3, 0.4) is 0 Å². The van der Waals surface area contributed by atoms with Crippen LogP contribution in [0.15, 0.2) is 55.1 Å². The molecular weight excluding hydrogens is 336 g/mol. The van der Waals surface area contributed by atoms with Crippen LogP contribution in [-0.2, 0) is 0 Å². The van der Waals surface area contributed by atoms with Gasteiger partial charge in [-0.1, -0.05) is 12.1 Å². The summed E-state index contributed by atoms with van der Waals surface area (Å²) in [5.74, 6) is -0.416. The van der Waals surface area contributed by atoms with Crippen molar-refractivity contribution in [3.63, 3.8) is 0 Å². The van der Waals surface area contributed by atoms with E-state index in [1.54, 1.807) is 11.0 Å². The molecule has 2 aromatic carbocycles. The van der Waals surface area contributed by atoms with E-state index >= 15 is 0 Å². The summed E-state index contributed by atoms with van der Waals surface area (Å²) in [5, 5.41) is 17.8. The summed E-state index contributed by atoms with van der Waals surface area (Å²) < 4.78 is 1.63. The average Bonchev–Trinajstić information content (AvgIpc) is 3.16. The Morgan fingerprint density at radius 2 is 2.00 bits per heavy atom. The summed E-state index contributed by atoms with van der Waals surface area (Å²) in [4.78, 5) is 26.6. The van der Waals surface area contributed by atoms with E-state index < -0.39 is 10.8 Å². The number of carbonyl (C=O) groups excluding carboxylic acids is 1. The molecule has 3 aromatic rings. The van der Waals surface area contributed by atoms with Crippen LogP contribution in [0, 0.1) is 10.1 Å². The minimum Gasteiger partial charge on any atom is -0.393 e. The number of nitro groups is 1. The fourth-order valence-electron chi connectivity index (χ4n) is 2.46. The summed E-state index contributed by atoms with van der Waals surface area (Å²) in [7, 11) is 0. The number of hydrogen-bond acceptors (Lipinski definition) is 6. The van der Waals surface area contributed by atoms with E-state index in [0.29, 0.717) is 0 Å². The van der Waals surface area contributed by atoms with E-state index in [1.807, 2.05) is 31.2 Å². The average molecular weight is 352 g/mol. The van der Waals surface area contributed by atoms with Crippen molar-refractivity contribution in [3.8, 4) is 5.69 Å². The van der Waals surface area contributed by atoms with Crippen LogP contribution in [0.2, 0.25) is 0 Å². The topological polar surface area (TPSA) is 129 Å². The zero-order valence-electron chi connectivity index (χ0n) is 13.9. The predicted molar refractivity (Wildman–Crippen MR) is 94.7 cm³/mol. The number of aromatic nitrogens is 3. The van der Waals surface area contributed by atoms with Gasteiger partial charge in [-0.25, -0.2) is 9.67 Å². The molecule has 1 unspecified atom stereocenters. The Morgan fingerprint density at radius 1 is 1.27 bits per heavy atom. The molecular formula is C17H16N6O3. The highest BCUT2D eigenvalue weighted by Gasteiger charge is 2.17. The second-order valence-corrected chi connectivity index (χ2v) is 5.66. The molecule has 1 aromatic heterocycles. The maximum atomic E-state index is 12.4. The fourth-order valence-corrected chi connectivity index (χ4v) is 2.46. The molecule has 0 aliphatic carbocycles. The van der Waals surface area contributed by atoms with Crippen molar-refractivity contribution in [2.45, 2.75) is 13.0 Å². The van der Waals surface area contributed by atoms with Crippen molar-refractivity contribution in [3.05, 3.63) is 76.4 Å². The van der Waals surface area contributed by atoms with Gasteiger partial charge in [-0.15, -0.1) is 0 Å². The first-order valence-corrected chi connectivity index (χ1v) is 7.75. The first kappa shape index (κ1) is 17.1. The lowest BCUT2D eigenvalue weighted by Crippen LogP contribution is -2.26. The Balaban J connectivity index is 1.73. The number of hydrogen-bond donors (Lipinski definition) is 2. The number of benzene rings is 2. The third-order valence-corrected chi connectivity index (χ3v) is 3.91. The highest BCUT2D eigenvalue weighted by molar-refractivity contribution is 5.95. The van der Waals surface area contributed by atoms with Crippen LogP contribution < -0.4 is 11.1 Å². The third-order valence-electron chi connectivity index (χ3n) is 3.91. The van der Waals surface area contributed by atoms with Crippen molar-refractivity contribution < 1.29 is 9.72 Å². The lowest BCUT2D eigenvalue weighted by atomic mass is 10.1. The molecule has 0 radical (unpaired) electrons. The number of anilines is 1. The highest BCUT2D eigenvalue weighted by Crippen LogP contribution is 2.23. The van der Waals surface area contributed by atoms with Crippen molar-refractivity contribution in [1.82, 2.24) is 20.1 Å². The summed E-state index contributed by atoms with van der Waals surface area (Å²) in [6.07, 6.45) is 3.04. The van der Waals surface area contributed by atoms with Crippen LogP contribution in [0.1, 0.15) is 28.9 Å². The highest BCUT2D eigenvalue weighted by atomic mass is 16.6. The first-order valence-electron chi connectivity index (χ1n) is 7.75. The lowest BCUT2D eigenvalue weighted by molar-refractivity contribution is -0.383. The molecule has 1 heterocycles. The Kier molecular flexibility index (Phi) is 4.61. The standard InChI is InChI=1S/C17H16N6O3/c1-11(12-2-5-14(6-3-12)22-10-19-9-20-22)21-17(24)13-4-7-15(18)16(8-13)23(25)26/h2-11H,18H2,1H3,(H,21,24). The largest absolute Gasteiger partial charge is 0.393 e. The van der Waals surface area contributed by atoms with Crippen LogP contribution in [0.4, 0.5) is 11.4 Å². The van der Waals surface area contributed by atoms with Crippen LogP contribution in [-0.4, -0.2) is 25.6 Å². The quantitative estimate of drug-likeness (QED) is 0.411.